The van der Waals surface area contributed by atoms with Crippen molar-refractivity contribution in [2.75, 3.05) is 46.8 Å². The lowest BCUT2D eigenvalue weighted by atomic mass is 9.92. The summed E-state index contributed by atoms with van der Waals surface area (Å²) in [6.07, 6.45) is 4.01. The van der Waals surface area contributed by atoms with Crippen molar-refractivity contribution >= 4 is 0 Å². The average Bonchev–Trinajstić information content (AvgIpc) is 2.62. The lowest BCUT2D eigenvalue weighted by Crippen LogP contribution is -2.41. The number of likely N-dealkylation sites (tertiary alicyclic amines) is 1. The van der Waals surface area contributed by atoms with Gasteiger partial charge in [0.1, 0.15) is 0 Å². The van der Waals surface area contributed by atoms with Gasteiger partial charge >= 0.3 is 0 Å². The van der Waals surface area contributed by atoms with E-state index in [2.05, 4.69) is 50.0 Å². The molecule has 0 saturated carbocycles. The molecule has 1 rings (SSSR count). The van der Waals surface area contributed by atoms with E-state index in [1.807, 2.05) is 0 Å². The Labute approximate surface area is 114 Å². The molecule has 1 aliphatic heterocycles. The highest BCUT2D eigenvalue weighted by Crippen LogP contribution is 2.18. The topological polar surface area (TPSA) is 18.5 Å². The maximum atomic E-state index is 3.59. The summed E-state index contributed by atoms with van der Waals surface area (Å²) in [6.45, 7) is 12.9. The van der Waals surface area contributed by atoms with Crippen molar-refractivity contribution < 1.29 is 0 Å². The van der Waals surface area contributed by atoms with Crippen LogP contribution < -0.4 is 5.32 Å². The summed E-state index contributed by atoms with van der Waals surface area (Å²) in [5.74, 6) is 0. The van der Waals surface area contributed by atoms with Crippen molar-refractivity contribution in [3.05, 3.63) is 0 Å². The number of hydrogen-bond acceptors (Lipinski definition) is 3. The van der Waals surface area contributed by atoms with E-state index in [0.29, 0.717) is 5.41 Å². The number of nitrogens with one attached hydrogen (secondary N) is 1. The lowest BCUT2D eigenvalue weighted by Gasteiger charge is -2.27. The summed E-state index contributed by atoms with van der Waals surface area (Å²) in [5, 5.41) is 3.59. The van der Waals surface area contributed by atoms with Crippen LogP contribution in [0.25, 0.3) is 0 Å². The van der Waals surface area contributed by atoms with Crippen LogP contribution in [0.4, 0.5) is 0 Å². The number of likely N-dealkylation sites (N-methyl/N-ethyl adjacent to an activating group) is 1. The zero-order valence-corrected chi connectivity index (χ0v) is 13.1. The maximum Gasteiger partial charge on any atom is 0.0223 e. The van der Waals surface area contributed by atoms with Crippen LogP contribution >= 0.6 is 0 Å². The summed E-state index contributed by atoms with van der Waals surface area (Å²) in [5.41, 5.74) is 0.452. The maximum absolute atomic E-state index is 3.59. The molecule has 0 radical (unpaired) electrons. The highest BCUT2D eigenvalue weighted by molar-refractivity contribution is 4.81. The van der Waals surface area contributed by atoms with Crippen LogP contribution in [0.2, 0.25) is 0 Å². The van der Waals surface area contributed by atoms with Gasteiger partial charge in [0.25, 0.3) is 0 Å². The van der Waals surface area contributed by atoms with Gasteiger partial charge in [-0.05, 0) is 51.9 Å². The van der Waals surface area contributed by atoms with Crippen molar-refractivity contribution in [3.8, 4) is 0 Å². The van der Waals surface area contributed by atoms with Crippen LogP contribution in [0.1, 0.15) is 40.0 Å². The third kappa shape index (κ3) is 6.72. The first kappa shape index (κ1) is 15.9. The van der Waals surface area contributed by atoms with E-state index >= 15 is 0 Å². The lowest BCUT2D eigenvalue weighted by molar-refractivity contribution is 0.207. The van der Waals surface area contributed by atoms with Gasteiger partial charge in [-0.2, -0.15) is 0 Å². The second kappa shape index (κ2) is 7.46. The second-order valence-corrected chi connectivity index (χ2v) is 7.15. The van der Waals surface area contributed by atoms with Gasteiger partial charge in [-0.1, -0.05) is 20.8 Å². The van der Waals surface area contributed by atoms with Gasteiger partial charge in [0.05, 0.1) is 0 Å². The molecule has 0 amide bonds. The minimum atomic E-state index is 0.452. The Kier molecular flexibility index (Phi) is 6.61. The molecule has 1 saturated heterocycles. The van der Waals surface area contributed by atoms with E-state index < -0.39 is 0 Å². The molecule has 18 heavy (non-hydrogen) atoms. The van der Waals surface area contributed by atoms with Crippen LogP contribution in [0, 0.1) is 5.41 Å². The van der Waals surface area contributed by atoms with Gasteiger partial charge in [-0.3, -0.25) is 4.90 Å². The molecule has 1 fully saturated rings. The normalized spacial score (nSPS) is 22.0. The first-order valence-electron chi connectivity index (χ1n) is 7.48. The first-order valence-corrected chi connectivity index (χ1v) is 7.48. The molecule has 108 valence electrons. The highest BCUT2D eigenvalue weighted by Gasteiger charge is 2.24. The third-order valence-corrected chi connectivity index (χ3v) is 3.70. The monoisotopic (exact) mass is 255 g/mol. The Morgan fingerprint density at radius 3 is 2.56 bits per heavy atom. The molecule has 3 nitrogen and oxygen atoms in total. The highest BCUT2D eigenvalue weighted by atomic mass is 15.2. The second-order valence-electron chi connectivity index (χ2n) is 7.15. The molecule has 0 aromatic rings. The van der Waals surface area contributed by atoms with Gasteiger partial charge in [0, 0.05) is 25.7 Å². The largest absolute Gasteiger partial charge is 0.315 e. The van der Waals surface area contributed by atoms with E-state index in [9.17, 15) is 0 Å². The zero-order valence-electron chi connectivity index (χ0n) is 13.1. The van der Waals surface area contributed by atoms with Crippen molar-refractivity contribution in [1.82, 2.24) is 15.1 Å². The fourth-order valence-electron chi connectivity index (χ4n) is 2.63. The average molecular weight is 255 g/mol. The molecule has 0 spiro atoms. The van der Waals surface area contributed by atoms with Crippen molar-refractivity contribution in [2.24, 2.45) is 5.41 Å². The number of rotatable bonds is 7. The van der Waals surface area contributed by atoms with Gasteiger partial charge in [0.2, 0.25) is 0 Å². The molecular formula is C15H33N3. The standard InChI is InChI=1S/C15H33N3/c1-15(2,3)8-9-16-10-12-18-11-6-7-14(18)13-17(4)5/h14,16H,6-13H2,1-5H3. The van der Waals surface area contributed by atoms with Gasteiger partial charge < -0.3 is 10.2 Å². The van der Waals surface area contributed by atoms with Crippen LogP contribution in [-0.2, 0) is 0 Å². The summed E-state index contributed by atoms with van der Waals surface area (Å²) < 4.78 is 0. The van der Waals surface area contributed by atoms with E-state index in [-0.39, 0.29) is 0 Å². The minimum Gasteiger partial charge on any atom is -0.315 e. The Morgan fingerprint density at radius 1 is 1.22 bits per heavy atom. The third-order valence-electron chi connectivity index (χ3n) is 3.70. The van der Waals surface area contributed by atoms with E-state index in [0.717, 1.165) is 19.1 Å². The Morgan fingerprint density at radius 2 is 1.94 bits per heavy atom. The van der Waals surface area contributed by atoms with Crippen LogP contribution in [-0.4, -0.2) is 62.7 Å². The van der Waals surface area contributed by atoms with Gasteiger partial charge in [-0.25, -0.2) is 0 Å². The molecule has 3 heteroatoms. The Bertz CT molecular complexity index is 220. The molecule has 0 aliphatic carbocycles. The molecule has 1 N–H and O–H groups in total. The smallest absolute Gasteiger partial charge is 0.0223 e. The molecule has 1 heterocycles. The summed E-state index contributed by atoms with van der Waals surface area (Å²) >= 11 is 0. The van der Waals surface area contributed by atoms with Crippen molar-refractivity contribution in [3.63, 3.8) is 0 Å². The predicted molar refractivity (Wildman–Crippen MR) is 80.1 cm³/mol. The van der Waals surface area contributed by atoms with E-state index in [1.165, 1.54) is 38.9 Å². The molecule has 1 atom stereocenters. The van der Waals surface area contributed by atoms with Crippen molar-refractivity contribution in [2.45, 2.75) is 46.1 Å². The molecule has 0 bridgehead atoms. The number of nitrogens with zero attached hydrogens (tertiary/aromatic N) is 2. The molecular weight excluding hydrogens is 222 g/mol. The summed E-state index contributed by atoms with van der Waals surface area (Å²) in [7, 11) is 4.36. The Balaban J connectivity index is 2.11. The van der Waals surface area contributed by atoms with Crippen LogP contribution in [0.3, 0.4) is 0 Å². The van der Waals surface area contributed by atoms with Crippen LogP contribution in [0.15, 0.2) is 0 Å². The SMILES string of the molecule is CN(C)CC1CCCN1CCNCCC(C)(C)C. The van der Waals surface area contributed by atoms with E-state index in [1.54, 1.807) is 0 Å². The van der Waals surface area contributed by atoms with Crippen LogP contribution in [0.5, 0.6) is 0 Å². The number of hydrogen-bond donors (Lipinski definition) is 1. The predicted octanol–water partition coefficient (Wildman–Crippen LogP) is 2.04. The Hall–Kier alpha value is -0.120. The van der Waals surface area contributed by atoms with Gasteiger partial charge in [-0.15, -0.1) is 0 Å². The quantitative estimate of drug-likeness (QED) is 0.702. The molecule has 0 aromatic heterocycles. The summed E-state index contributed by atoms with van der Waals surface area (Å²) in [4.78, 5) is 4.97. The fraction of sp³-hybridized carbons (Fsp3) is 1.00. The van der Waals surface area contributed by atoms with Crippen molar-refractivity contribution in [1.29, 1.82) is 0 Å². The molecule has 0 aromatic carbocycles. The fourth-order valence-corrected chi connectivity index (χ4v) is 2.63. The zero-order chi connectivity index (χ0) is 13.6. The first-order chi connectivity index (χ1) is 8.38. The summed E-state index contributed by atoms with van der Waals surface area (Å²) in [6, 6.07) is 0.782. The van der Waals surface area contributed by atoms with Gasteiger partial charge in [0.15, 0.2) is 0 Å². The molecule has 1 unspecified atom stereocenters. The molecule has 1 aliphatic rings. The minimum absolute atomic E-state index is 0.452. The van der Waals surface area contributed by atoms with E-state index in [4.69, 9.17) is 0 Å².